The topological polar surface area (TPSA) is 72.2 Å². The highest BCUT2D eigenvalue weighted by atomic mass is 127. The maximum Gasteiger partial charge on any atom is 0.269 e. The van der Waals surface area contributed by atoms with Gasteiger partial charge in [0.2, 0.25) is 0 Å². The molecule has 0 aliphatic rings. The Bertz CT molecular complexity index is 435. The van der Waals surface area contributed by atoms with Crippen molar-refractivity contribution in [3.8, 4) is 0 Å². The van der Waals surface area contributed by atoms with Crippen LogP contribution in [-0.2, 0) is 0 Å². The summed E-state index contributed by atoms with van der Waals surface area (Å²) in [7, 11) is 0. The lowest BCUT2D eigenvalue weighted by molar-refractivity contribution is -0.384. The van der Waals surface area contributed by atoms with Crippen molar-refractivity contribution in [2.75, 3.05) is 11.0 Å². The number of carbonyl (C=O) groups excluding carboxylic acids is 1. The Kier molecular flexibility index (Phi) is 5.33. The van der Waals surface area contributed by atoms with Gasteiger partial charge in [0.05, 0.1) is 4.92 Å². The maximum atomic E-state index is 11.7. The molecule has 0 heterocycles. The lowest BCUT2D eigenvalue weighted by atomic mass is 10.1. The first-order chi connectivity index (χ1) is 8.06. The van der Waals surface area contributed by atoms with Gasteiger partial charge in [-0.2, -0.15) is 0 Å². The molecule has 92 valence electrons. The second kappa shape index (κ2) is 6.53. The average Bonchev–Trinajstić information content (AvgIpc) is 2.28. The van der Waals surface area contributed by atoms with Gasteiger partial charge < -0.3 is 5.32 Å². The van der Waals surface area contributed by atoms with E-state index < -0.39 is 4.92 Å². The predicted octanol–water partition coefficient (Wildman–Crippen LogP) is 2.46. The largest absolute Gasteiger partial charge is 0.352 e. The van der Waals surface area contributed by atoms with E-state index in [0.717, 1.165) is 10.8 Å². The van der Waals surface area contributed by atoms with Crippen LogP contribution in [0, 0.1) is 17.0 Å². The number of amides is 1. The number of halogens is 1. The molecule has 0 aromatic heterocycles. The van der Waals surface area contributed by atoms with Crippen LogP contribution in [0.3, 0.4) is 0 Å². The number of hydrogen-bond acceptors (Lipinski definition) is 3. The third kappa shape index (κ3) is 3.95. The Balaban J connectivity index is 2.78. The van der Waals surface area contributed by atoms with Crippen LogP contribution >= 0.6 is 22.6 Å². The van der Waals surface area contributed by atoms with Crippen LogP contribution in [0.15, 0.2) is 18.2 Å². The van der Waals surface area contributed by atoms with E-state index in [0.29, 0.717) is 17.7 Å². The highest BCUT2D eigenvalue weighted by Crippen LogP contribution is 2.16. The molecule has 0 atom stereocenters. The molecule has 17 heavy (non-hydrogen) atoms. The van der Waals surface area contributed by atoms with Crippen LogP contribution < -0.4 is 5.32 Å². The van der Waals surface area contributed by atoms with Crippen molar-refractivity contribution < 1.29 is 9.72 Å². The Morgan fingerprint density at radius 1 is 1.53 bits per heavy atom. The number of carbonyl (C=O) groups is 1. The van der Waals surface area contributed by atoms with Crippen LogP contribution in [0.5, 0.6) is 0 Å². The molecule has 1 aromatic rings. The number of non-ortho nitro benzene ring substituents is 1. The summed E-state index contributed by atoms with van der Waals surface area (Å²) >= 11 is 2.24. The molecule has 0 radical (unpaired) electrons. The molecule has 1 rings (SSSR count). The van der Waals surface area contributed by atoms with Gasteiger partial charge in [0.15, 0.2) is 0 Å². The monoisotopic (exact) mass is 348 g/mol. The molecular weight excluding hydrogens is 335 g/mol. The van der Waals surface area contributed by atoms with Crippen molar-refractivity contribution in [2.45, 2.75) is 13.3 Å². The first-order valence-corrected chi connectivity index (χ1v) is 6.68. The summed E-state index contributed by atoms with van der Waals surface area (Å²) in [5.41, 5.74) is 1.11. The zero-order valence-electron chi connectivity index (χ0n) is 9.40. The van der Waals surface area contributed by atoms with Crippen LogP contribution in [0.2, 0.25) is 0 Å². The summed E-state index contributed by atoms with van der Waals surface area (Å²) < 4.78 is 0.983. The van der Waals surface area contributed by atoms with E-state index in [9.17, 15) is 14.9 Å². The van der Waals surface area contributed by atoms with Crippen molar-refractivity contribution in [1.29, 1.82) is 0 Å². The minimum atomic E-state index is -0.467. The lowest BCUT2D eigenvalue weighted by Crippen LogP contribution is -2.25. The smallest absolute Gasteiger partial charge is 0.269 e. The molecule has 0 spiro atoms. The summed E-state index contributed by atoms with van der Waals surface area (Å²) in [6.07, 6.45) is 0.915. The fourth-order valence-electron chi connectivity index (χ4n) is 1.38. The molecule has 6 heteroatoms. The molecule has 0 bridgehead atoms. The molecule has 0 saturated heterocycles. The van der Waals surface area contributed by atoms with Gasteiger partial charge in [-0.1, -0.05) is 22.6 Å². The van der Waals surface area contributed by atoms with E-state index in [1.54, 1.807) is 6.92 Å². The Hall–Kier alpha value is -1.18. The van der Waals surface area contributed by atoms with Gasteiger partial charge in [0, 0.05) is 28.7 Å². The minimum absolute atomic E-state index is 0.00584. The van der Waals surface area contributed by atoms with Crippen molar-refractivity contribution in [1.82, 2.24) is 5.32 Å². The number of alkyl halides is 1. The fourth-order valence-corrected chi connectivity index (χ4v) is 1.76. The quantitative estimate of drug-likeness (QED) is 0.292. The van der Waals surface area contributed by atoms with Crippen molar-refractivity contribution in [2.24, 2.45) is 0 Å². The Labute approximate surface area is 113 Å². The molecule has 0 saturated carbocycles. The first kappa shape index (κ1) is 13.9. The van der Waals surface area contributed by atoms with Gasteiger partial charge in [-0.15, -0.1) is 0 Å². The molecule has 1 N–H and O–H groups in total. The highest BCUT2D eigenvalue weighted by molar-refractivity contribution is 14.1. The van der Waals surface area contributed by atoms with Crippen molar-refractivity contribution >= 4 is 34.2 Å². The van der Waals surface area contributed by atoms with E-state index >= 15 is 0 Å². The fraction of sp³-hybridized carbons (Fsp3) is 0.364. The Morgan fingerprint density at radius 2 is 2.24 bits per heavy atom. The second-order valence-corrected chi connectivity index (χ2v) is 4.63. The average molecular weight is 348 g/mol. The zero-order chi connectivity index (χ0) is 12.8. The Morgan fingerprint density at radius 3 is 2.76 bits per heavy atom. The summed E-state index contributed by atoms with van der Waals surface area (Å²) in [4.78, 5) is 21.8. The van der Waals surface area contributed by atoms with E-state index in [1.807, 2.05) is 0 Å². The number of benzene rings is 1. The summed E-state index contributed by atoms with van der Waals surface area (Å²) in [5.74, 6) is -0.178. The molecule has 5 nitrogen and oxygen atoms in total. The van der Waals surface area contributed by atoms with Gasteiger partial charge in [0.1, 0.15) is 0 Å². The SMILES string of the molecule is Cc1cc([N+](=O)[O-])ccc1C(=O)NCCCI. The third-order valence-corrected chi connectivity index (χ3v) is 3.02. The molecular formula is C11H13IN2O3. The van der Waals surface area contributed by atoms with Crippen molar-refractivity contribution in [3.63, 3.8) is 0 Å². The molecule has 0 unspecified atom stereocenters. The molecule has 0 aliphatic carbocycles. The molecule has 0 fully saturated rings. The van der Waals surface area contributed by atoms with Crippen LogP contribution in [-0.4, -0.2) is 21.8 Å². The van der Waals surface area contributed by atoms with Gasteiger partial charge in [0.25, 0.3) is 11.6 Å². The number of rotatable bonds is 5. The minimum Gasteiger partial charge on any atom is -0.352 e. The molecule has 0 aliphatic heterocycles. The number of nitro groups is 1. The van der Waals surface area contributed by atoms with E-state index in [2.05, 4.69) is 27.9 Å². The summed E-state index contributed by atoms with van der Waals surface area (Å²) in [6, 6.07) is 4.25. The standard InChI is InChI=1S/C11H13IN2O3/c1-8-7-9(14(16)17)3-4-10(8)11(15)13-6-2-5-12/h3-4,7H,2,5-6H2,1H3,(H,13,15). The first-order valence-electron chi connectivity index (χ1n) is 5.15. The van der Waals surface area contributed by atoms with Crippen LogP contribution in [0.4, 0.5) is 5.69 Å². The molecule has 1 aromatic carbocycles. The normalized spacial score (nSPS) is 10.0. The van der Waals surface area contributed by atoms with Gasteiger partial charge in [-0.3, -0.25) is 14.9 Å². The van der Waals surface area contributed by atoms with Gasteiger partial charge in [-0.05, 0) is 25.0 Å². The number of nitrogens with zero attached hydrogens (tertiary/aromatic N) is 1. The van der Waals surface area contributed by atoms with E-state index in [1.165, 1.54) is 18.2 Å². The van der Waals surface area contributed by atoms with E-state index in [-0.39, 0.29) is 11.6 Å². The van der Waals surface area contributed by atoms with Gasteiger partial charge in [-0.25, -0.2) is 0 Å². The lowest BCUT2D eigenvalue weighted by Gasteiger charge is -2.06. The van der Waals surface area contributed by atoms with Gasteiger partial charge >= 0.3 is 0 Å². The summed E-state index contributed by atoms with van der Waals surface area (Å²) in [5, 5.41) is 13.3. The van der Waals surface area contributed by atoms with E-state index in [4.69, 9.17) is 0 Å². The van der Waals surface area contributed by atoms with Crippen molar-refractivity contribution in [3.05, 3.63) is 39.4 Å². The number of hydrogen-bond donors (Lipinski definition) is 1. The van der Waals surface area contributed by atoms with Crippen LogP contribution in [0.1, 0.15) is 22.3 Å². The number of nitro benzene ring substituents is 1. The maximum absolute atomic E-state index is 11.7. The molecule has 1 amide bonds. The summed E-state index contributed by atoms with van der Waals surface area (Å²) in [6.45, 7) is 2.32. The predicted molar refractivity (Wildman–Crippen MR) is 73.7 cm³/mol. The zero-order valence-corrected chi connectivity index (χ0v) is 11.6. The number of aryl methyl sites for hydroxylation is 1. The number of nitrogens with one attached hydrogen (secondary N) is 1. The third-order valence-electron chi connectivity index (χ3n) is 2.26. The second-order valence-electron chi connectivity index (χ2n) is 3.55. The van der Waals surface area contributed by atoms with Crippen LogP contribution in [0.25, 0.3) is 0 Å². The highest BCUT2D eigenvalue weighted by Gasteiger charge is 2.12.